The number of aromatic nitrogens is 4. The second-order valence-corrected chi connectivity index (χ2v) is 3.42. The Morgan fingerprint density at radius 1 is 1.56 bits per heavy atom. The minimum absolute atomic E-state index is 0.205. The SMILES string of the molecule is Cn1ccc(CCNc2ncc[nH]c2=O)n1. The van der Waals surface area contributed by atoms with Crippen molar-refractivity contribution in [3.8, 4) is 0 Å². The van der Waals surface area contributed by atoms with Crippen molar-refractivity contribution < 1.29 is 0 Å². The molecular weight excluding hydrogens is 206 g/mol. The highest BCUT2D eigenvalue weighted by atomic mass is 16.1. The van der Waals surface area contributed by atoms with Gasteiger partial charge in [-0.05, 0) is 6.07 Å². The van der Waals surface area contributed by atoms with Crippen LogP contribution in [-0.2, 0) is 13.5 Å². The van der Waals surface area contributed by atoms with Crippen LogP contribution in [0, 0.1) is 0 Å². The first-order valence-corrected chi connectivity index (χ1v) is 5.02. The summed E-state index contributed by atoms with van der Waals surface area (Å²) in [4.78, 5) is 17.8. The summed E-state index contributed by atoms with van der Waals surface area (Å²) < 4.78 is 1.75. The molecule has 2 rings (SSSR count). The number of aryl methyl sites for hydroxylation is 1. The average molecular weight is 219 g/mol. The van der Waals surface area contributed by atoms with Crippen LogP contribution in [-0.4, -0.2) is 26.3 Å². The van der Waals surface area contributed by atoms with Gasteiger partial charge in [0.1, 0.15) is 0 Å². The molecule has 0 atom stereocenters. The average Bonchev–Trinajstić information content (AvgIpc) is 2.67. The molecule has 2 N–H and O–H groups in total. The van der Waals surface area contributed by atoms with Gasteiger partial charge in [-0.15, -0.1) is 0 Å². The normalized spacial score (nSPS) is 10.3. The van der Waals surface area contributed by atoms with E-state index in [4.69, 9.17) is 0 Å². The van der Waals surface area contributed by atoms with Gasteiger partial charge < -0.3 is 10.3 Å². The molecule has 0 aromatic carbocycles. The summed E-state index contributed by atoms with van der Waals surface area (Å²) in [6.07, 6.45) is 5.70. The van der Waals surface area contributed by atoms with E-state index in [1.165, 1.54) is 6.20 Å². The van der Waals surface area contributed by atoms with Crippen LogP contribution < -0.4 is 10.9 Å². The Kier molecular flexibility index (Phi) is 3.00. The van der Waals surface area contributed by atoms with Gasteiger partial charge in [-0.1, -0.05) is 0 Å². The van der Waals surface area contributed by atoms with E-state index in [1.54, 1.807) is 10.9 Å². The first-order valence-electron chi connectivity index (χ1n) is 5.02. The summed E-state index contributed by atoms with van der Waals surface area (Å²) in [6.45, 7) is 0.636. The van der Waals surface area contributed by atoms with Crippen LogP contribution in [0.5, 0.6) is 0 Å². The third-order valence-electron chi connectivity index (χ3n) is 2.15. The van der Waals surface area contributed by atoms with Gasteiger partial charge in [0.15, 0.2) is 5.82 Å². The molecule has 6 heteroatoms. The summed E-state index contributed by atoms with van der Waals surface area (Å²) in [5.41, 5.74) is 0.783. The summed E-state index contributed by atoms with van der Waals surface area (Å²) >= 11 is 0. The van der Waals surface area contributed by atoms with Gasteiger partial charge in [0.25, 0.3) is 5.56 Å². The van der Waals surface area contributed by atoms with Crippen LogP contribution in [0.4, 0.5) is 5.82 Å². The van der Waals surface area contributed by atoms with Crippen molar-refractivity contribution >= 4 is 5.82 Å². The fourth-order valence-electron chi connectivity index (χ4n) is 1.38. The molecule has 0 saturated heterocycles. The molecule has 0 saturated carbocycles. The zero-order valence-corrected chi connectivity index (χ0v) is 8.97. The van der Waals surface area contributed by atoms with Crippen molar-refractivity contribution in [3.63, 3.8) is 0 Å². The summed E-state index contributed by atoms with van der Waals surface area (Å²) in [5.74, 6) is 0.346. The van der Waals surface area contributed by atoms with Crippen LogP contribution in [0.1, 0.15) is 5.69 Å². The lowest BCUT2D eigenvalue weighted by atomic mass is 10.3. The number of hydrogen-bond donors (Lipinski definition) is 2. The minimum Gasteiger partial charge on any atom is -0.365 e. The van der Waals surface area contributed by atoms with E-state index < -0.39 is 0 Å². The van der Waals surface area contributed by atoms with Gasteiger partial charge in [0, 0.05) is 38.6 Å². The second kappa shape index (κ2) is 4.61. The number of nitrogens with one attached hydrogen (secondary N) is 2. The van der Waals surface area contributed by atoms with Crippen molar-refractivity contribution in [2.45, 2.75) is 6.42 Å². The third-order valence-corrected chi connectivity index (χ3v) is 2.15. The van der Waals surface area contributed by atoms with E-state index in [1.807, 2.05) is 19.3 Å². The summed E-state index contributed by atoms with van der Waals surface area (Å²) in [7, 11) is 1.88. The maximum Gasteiger partial charge on any atom is 0.290 e. The highest BCUT2D eigenvalue weighted by Crippen LogP contribution is 1.96. The van der Waals surface area contributed by atoms with Gasteiger partial charge in [0.2, 0.25) is 0 Å². The fourth-order valence-corrected chi connectivity index (χ4v) is 1.38. The first-order chi connectivity index (χ1) is 7.75. The smallest absolute Gasteiger partial charge is 0.290 e. The summed E-state index contributed by atoms with van der Waals surface area (Å²) in [6, 6.07) is 1.95. The molecule has 6 nitrogen and oxygen atoms in total. The molecule has 0 fully saturated rings. The largest absolute Gasteiger partial charge is 0.365 e. The first kappa shape index (κ1) is 10.4. The Labute approximate surface area is 92.3 Å². The third kappa shape index (κ3) is 2.47. The highest BCUT2D eigenvalue weighted by Gasteiger charge is 2.00. The quantitative estimate of drug-likeness (QED) is 0.768. The molecular formula is C10H13N5O. The lowest BCUT2D eigenvalue weighted by molar-refractivity contribution is 0.741. The molecule has 0 aliphatic carbocycles. The van der Waals surface area contributed by atoms with Gasteiger partial charge in [0.05, 0.1) is 5.69 Å². The zero-order chi connectivity index (χ0) is 11.4. The lowest BCUT2D eigenvalue weighted by Crippen LogP contribution is -2.17. The van der Waals surface area contributed by atoms with Crippen LogP contribution >= 0.6 is 0 Å². The summed E-state index contributed by atoms with van der Waals surface area (Å²) in [5, 5.41) is 7.20. The number of rotatable bonds is 4. The molecule has 0 unspecified atom stereocenters. The maximum atomic E-state index is 11.3. The predicted octanol–water partition coefficient (Wildman–Crippen LogP) is 0.158. The van der Waals surface area contributed by atoms with Crippen molar-refractivity contribution in [1.29, 1.82) is 0 Å². The van der Waals surface area contributed by atoms with Crippen LogP contribution in [0.3, 0.4) is 0 Å². The van der Waals surface area contributed by atoms with Gasteiger partial charge in [-0.25, -0.2) is 4.98 Å². The molecule has 0 radical (unpaired) electrons. The Hall–Kier alpha value is -2.11. The van der Waals surface area contributed by atoms with E-state index in [0.717, 1.165) is 12.1 Å². The molecule has 2 heterocycles. The predicted molar refractivity (Wildman–Crippen MR) is 60.3 cm³/mol. The number of hydrogen-bond acceptors (Lipinski definition) is 4. The van der Waals surface area contributed by atoms with Crippen molar-refractivity contribution in [2.75, 3.05) is 11.9 Å². The van der Waals surface area contributed by atoms with Gasteiger partial charge >= 0.3 is 0 Å². The highest BCUT2D eigenvalue weighted by molar-refractivity contribution is 5.30. The molecule has 2 aromatic rings. The van der Waals surface area contributed by atoms with Crippen molar-refractivity contribution in [1.82, 2.24) is 19.7 Å². The minimum atomic E-state index is -0.205. The standard InChI is InChI=1S/C10H13N5O/c1-15-7-3-8(14-15)2-4-11-9-10(16)13-6-5-12-9/h3,5-7H,2,4H2,1H3,(H,11,12)(H,13,16). The number of H-pyrrole nitrogens is 1. The Bertz CT molecular complexity index is 516. The Balaban J connectivity index is 1.89. The lowest BCUT2D eigenvalue weighted by Gasteiger charge is -2.01. The topological polar surface area (TPSA) is 75.6 Å². The van der Waals surface area contributed by atoms with Crippen LogP contribution in [0.15, 0.2) is 29.5 Å². The molecule has 0 amide bonds. The van der Waals surface area contributed by atoms with E-state index in [9.17, 15) is 4.79 Å². The molecule has 2 aromatic heterocycles. The molecule has 84 valence electrons. The number of anilines is 1. The van der Waals surface area contributed by atoms with E-state index in [0.29, 0.717) is 12.4 Å². The number of aromatic amines is 1. The molecule has 0 aliphatic rings. The van der Waals surface area contributed by atoms with Gasteiger partial charge in [-0.3, -0.25) is 9.48 Å². The van der Waals surface area contributed by atoms with E-state index in [-0.39, 0.29) is 5.56 Å². The second-order valence-electron chi connectivity index (χ2n) is 3.42. The van der Waals surface area contributed by atoms with E-state index in [2.05, 4.69) is 20.4 Å². The maximum absolute atomic E-state index is 11.3. The van der Waals surface area contributed by atoms with Crippen LogP contribution in [0.2, 0.25) is 0 Å². The Morgan fingerprint density at radius 3 is 3.12 bits per heavy atom. The zero-order valence-electron chi connectivity index (χ0n) is 8.97. The number of nitrogens with zero attached hydrogens (tertiary/aromatic N) is 3. The molecule has 16 heavy (non-hydrogen) atoms. The van der Waals surface area contributed by atoms with Crippen molar-refractivity contribution in [3.05, 3.63) is 40.7 Å². The van der Waals surface area contributed by atoms with Crippen LogP contribution in [0.25, 0.3) is 0 Å². The molecule has 0 spiro atoms. The molecule has 0 aliphatic heterocycles. The fraction of sp³-hybridized carbons (Fsp3) is 0.300. The molecule has 0 bridgehead atoms. The Morgan fingerprint density at radius 2 is 2.44 bits per heavy atom. The monoisotopic (exact) mass is 219 g/mol. The van der Waals surface area contributed by atoms with E-state index >= 15 is 0 Å². The van der Waals surface area contributed by atoms with Crippen molar-refractivity contribution in [2.24, 2.45) is 7.05 Å². The van der Waals surface area contributed by atoms with Gasteiger partial charge in [-0.2, -0.15) is 5.10 Å².